The molecule has 0 radical (unpaired) electrons. The fourth-order valence-electron chi connectivity index (χ4n) is 4.66. The predicted molar refractivity (Wildman–Crippen MR) is 185 cm³/mol. The first-order valence-electron chi connectivity index (χ1n) is 17.4. The number of carbonyl (C=O) groups excluding carboxylic acids is 2. The molecule has 0 aliphatic carbocycles. The number of unbranched alkanes of at least 4 members (excludes halogenated alkanes) is 18. The number of rotatable bonds is 27. The van der Waals surface area contributed by atoms with Crippen molar-refractivity contribution in [1.29, 1.82) is 0 Å². The molecule has 0 spiro atoms. The van der Waals surface area contributed by atoms with E-state index in [9.17, 15) is 9.59 Å². The maximum Gasteiger partial charge on any atom is 0.333 e. The first kappa shape index (κ1) is 40.4. The average Bonchev–Trinajstić information content (AvgIpc) is 3.03. The minimum atomic E-state index is -0.300. The fourth-order valence-corrected chi connectivity index (χ4v) is 4.66. The third-order valence-corrected chi connectivity index (χ3v) is 7.40. The molecule has 43 heavy (non-hydrogen) atoms. The largest absolute Gasteiger partial charge is 0.463 e. The second-order valence-corrected chi connectivity index (χ2v) is 11.5. The van der Waals surface area contributed by atoms with Crippen molar-refractivity contribution in [2.75, 3.05) is 13.2 Å². The number of carbonyl (C=O) groups is 2. The van der Waals surface area contributed by atoms with E-state index in [0.29, 0.717) is 25.2 Å². The molecular weight excluding hydrogens is 532 g/mol. The summed E-state index contributed by atoms with van der Waals surface area (Å²) in [7, 11) is 0. The zero-order chi connectivity index (χ0) is 31.6. The van der Waals surface area contributed by atoms with E-state index in [1.807, 2.05) is 42.5 Å². The first-order chi connectivity index (χ1) is 21.0. The molecule has 244 valence electrons. The second kappa shape index (κ2) is 32.3. The van der Waals surface area contributed by atoms with Crippen molar-refractivity contribution >= 4 is 18.0 Å². The highest BCUT2D eigenvalue weighted by molar-refractivity contribution is 5.88. The van der Waals surface area contributed by atoms with Crippen molar-refractivity contribution in [2.24, 2.45) is 0 Å². The summed E-state index contributed by atoms with van der Waals surface area (Å²) in [6.07, 6.45) is 31.9. The van der Waals surface area contributed by atoms with E-state index in [2.05, 4.69) is 27.0 Å². The molecule has 0 fully saturated rings. The Morgan fingerprint density at radius 2 is 1.05 bits per heavy atom. The van der Waals surface area contributed by atoms with E-state index >= 15 is 0 Å². The molecule has 4 heteroatoms. The van der Waals surface area contributed by atoms with Crippen molar-refractivity contribution < 1.29 is 19.1 Å². The number of ether oxygens (including phenoxy) is 2. The Hall–Kier alpha value is -2.62. The molecule has 0 unspecified atom stereocenters. The monoisotopic (exact) mass is 596 g/mol. The van der Waals surface area contributed by atoms with Crippen LogP contribution in [0.5, 0.6) is 0 Å². The SMILES string of the molecule is C=C(CC=Cc1ccccc1)C(=O)OCCCCCC.C=CC(=O)OCCCCCCCCCCCCCCCCCC. The van der Waals surface area contributed by atoms with Gasteiger partial charge in [0.1, 0.15) is 0 Å². The molecule has 0 atom stereocenters. The van der Waals surface area contributed by atoms with Gasteiger partial charge in [0.05, 0.1) is 13.2 Å². The van der Waals surface area contributed by atoms with Crippen molar-refractivity contribution in [2.45, 2.75) is 149 Å². The number of hydrogen-bond acceptors (Lipinski definition) is 4. The van der Waals surface area contributed by atoms with Gasteiger partial charge in [-0.1, -0.05) is 185 Å². The van der Waals surface area contributed by atoms with Crippen LogP contribution in [-0.2, 0) is 19.1 Å². The molecule has 0 aliphatic heterocycles. The molecule has 0 N–H and O–H groups in total. The third-order valence-electron chi connectivity index (χ3n) is 7.40. The van der Waals surface area contributed by atoms with Crippen LogP contribution in [0, 0.1) is 0 Å². The van der Waals surface area contributed by atoms with Gasteiger partial charge in [-0.25, -0.2) is 9.59 Å². The third kappa shape index (κ3) is 29.2. The topological polar surface area (TPSA) is 52.6 Å². The number of esters is 2. The minimum absolute atomic E-state index is 0.279. The molecular formula is C39H64O4. The van der Waals surface area contributed by atoms with Gasteiger partial charge in [-0.2, -0.15) is 0 Å². The summed E-state index contributed by atoms with van der Waals surface area (Å²) in [4.78, 5) is 22.5. The smallest absolute Gasteiger partial charge is 0.333 e. The van der Waals surface area contributed by atoms with Crippen LogP contribution in [0.1, 0.15) is 154 Å². The van der Waals surface area contributed by atoms with Crippen molar-refractivity contribution in [3.05, 3.63) is 66.8 Å². The van der Waals surface area contributed by atoms with E-state index < -0.39 is 0 Å². The Balaban J connectivity index is 0.000000827. The summed E-state index contributed by atoms with van der Waals surface area (Å²) in [5, 5.41) is 0. The first-order valence-corrected chi connectivity index (χ1v) is 17.4. The molecule has 1 aromatic rings. The van der Waals surface area contributed by atoms with Crippen LogP contribution in [-0.4, -0.2) is 25.2 Å². The molecule has 0 amide bonds. The van der Waals surface area contributed by atoms with Crippen LogP contribution in [0.15, 0.2) is 61.2 Å². The molecule has 1 rings (SSSR count). The van der Waals surface area contributed by atoms with Gasteiger partial charge in [-0.15, -0.1) is 0 Å². The summed E-state index contributed by atoms with van der Waals surface area (Å²) >= 11 is 0. The van der Waals surface area contributed by atoms with E-state index in [4.69, 9.17) is 9.47 Å². The highest BCUT2D eigenvalue weighted by Gasteiger charge is 2.06. The van der Waals surface area contributed by atoms with Gasteiger partial charge in [-0.3, -0.25) is 0 Å². The Morgan fingerprint density at radius 1 is 0.628 bits per heavy atom. The van der Waals surface area contributed by atoms with E-state index in [-0.39, 0.29) is 11.9 Å². The van der Waals surface area contributed by atoms with Gasteiger partial charge in [0.2, 0.25) is 0 Å². The molecule has 4 nitrogen and oxygen atoms in total. The van der Waals surface area contributed by atoms with Crippen LogP contribution < -0.4 is 0 Å². The lowest BCUT2D eigenvalue weighted by Gasteiger charge is -2.05. The van der Waals surface area contributed by atoms with Crippen molar-refractivity contribution in [3.63, 3.8) is 0 Å². The predicted octanol–water partition coefficient (Wildman–Crippen LogP) is 11.7. The Labute approximate surface area is 265 Å². The summed E-state index contributed by atoms with van der Waals surface area (Å²) in [5.41, 5.74) is 1.63. The fraction of sp³-hybridized carbons (Fsp3) is 0.641. The van der Waals surface area contributed by atoms with Gasteiger partial charge < -0.3 is 9.47 Å². The van der Waals surface area contributed by atoms with E-state index in [1.54, 1.807) is 0 Å². The zero-order valence-corrected chi connectivity index (χ0v) is 27.9. The van der Waals surface area contributed by atoms with Crippen molar-refractivity contribution in [3.8, 4) is 0 Å². The maximum atomic E-state index is 11.7. The Kier molecular flexibility index (Phi) is 30.3. The van der Waals surface area contributed by atoms with Crippen LogP contribution in [0.3, 0.4) is 0 Å². The quantitative estimate of drug-likeness (QED) is 0.0576. The second-order valence-electron chi connectivity index (χ2n) is 11.5. The normalized spacial score (nSPS) is 10.7. The summed E-state index contributed by atoms with van der Waals surface area (Å²) in [6.45, 7) is 12.6. The zero-order valence-electron chi connectivity index (χ0n) is 27.9. The highest BCUT2D eigenvalue weighted by atomic mass is 16.5. The standard InChI is InChI=1S/C21H40O2.C18H24O2/c1-3-5-6-7-8-9-10-11-12-13-14-15-16-17-18-19-20-23-21(22)4-2;1-3-4-5-9-15-20-18(19)16(2)11-10-14-17-12-7-6-8-13-17/h4H,2-3,5-20H2,1H3;6-8,10,12-14H,2-5,9,11,15H2,1H3. The Morgan fingerprint density at radius 3 is 1.51 bits per heavy atom. The molecule has 0 saturated heterocycles. The van der Waals surface area contributed by atoms with Gasteiger partial charge in [-0.05, 0) is 24.8 Å². The lowest BCUT2D eigenvalue weighted by Crippen LogP contribution is -2.07. The average molecular weight is 597 g/mol. The summed E-state index contributed by atoms with van der Waals surface area (Å²) in [6, 6.07) is 9.99. The number of benzene rings is 1. The van der Waals surface area contributed by atoms with Gasteiger partial charge >= 0.3 is 11.9 Å². The molecule has 0 heterocycles. The molecule has 0 bridgehead atoms. The summed E-state index contributed by atoms with van der Waals surface area (Å²) < 4.78 is 10.1. The number of hydrogen-bond donors (Lipinski definition) is 0. The van der Waals surface area contributed by atoms with Crippen LogP contribution in [0.4, 0.5) is 0 Å². The van der Waals surface area contributed by atoms with Gasteiger partial charge in [0, 0.05) is 11.6 Å². The van der Waals surface area contributed by atoms with Crippen LogP contribution >= 0.6 is 0 Å². The molecule has 1 aromatic carbocycles. The Bertz CT molecular complexity index is 827. The maximum absolute atomic E-state index is 11.7. The lowest BCUT2D eigenvalue weighted by atomic mass is 10.0. The van der Waals surface area contributed by atoms with Crippen LogP contribution in [0.25, 0.3) is 6.08 Å². The number of allylic oxidation sites excluding steroid dienone is 1. The molecule has 0 aromatic heterocycles. The lowest BCUT2D eigenvalue weighted by molar-refractivity contribution is -0.139. The summed E-state index contributed by atoms with van der Waals surface area (Å²) in [5.74, 6) is -0.579. The van der Waals surface area contributed by atoms with E-state index in [0.717, 1.165) is 24.8 Å². The van der Waals surface area contributed by atoms with Gasteiger partial charge in [0.25, 0.3) is 0 Å². The van der Waals surface area contributed by atoms with E-state index in [1.165, 1.54) is 115 Å². The highest BCUT2D eigenvalue weighted by Crippen LogP contribution is 2.14. The molecule has 0 aliphatic rings. The minimum Gasteiger partial charge on any atom is -0.463 e. The van der Waals surface area contributed by atoms with Crippen LogP contribution in [0.2, 0.25) is 0 Å². The molecule has 0 saturated carbocycles. The van der Waals surface area contributed by atoms with Crippen molar-refractivity contribution in [1.82, 2.24) is 0 Å². The van der Waals surface area contributed by atoms with Gasteiger partial charge in [0.15, 0.2) is 0 Å².